The molecule has 0 radical (unpaired) electrons. The van der Waals surface area contributed by atoms with Gasteiger partial charge in [-0.1, -0.05) is 11.3 Å². The van der Waals surface area contributed by atoms with E-state index in [4.69, 9.17) is 0 Å². The lowest BCUT2D eigenvalue weighted by molar-refractivity contribution is -0.124. The van der Waals surface area contributed by atoms with Crippen molar-refractivity contribution in [3.05, 3.63) is 0 Å². The Kier molecular flexibility index (Phi) is 3.97. The van der Waals surface area contributed by atoms with Gasteiger partial charge in [-0.05, 0) is 74.7 Å². The lowest BCUT2D eigenvalue weighted by Crippen LogP contribution is -2.47. The second kappa shape index (κ2) is 6.20. The van der Waals surface area contributed by atoms with Gasteiger partial charge >= 0.3 is 0 Å². The van der Waals surface area contributed by atoms with Crippen LogP contribution in [0.3, 0.4) is 0 Å². The van der Waals surface area contributed by atoms with Gasteiger partial charge in [0.1, 0.15) is 0 Å². The van der Waals surface area contributed by atoms with Gasteiger partial charge in [0.05, 0.1) is 0 Å². The van der Waals surface area contributed by atoms with Crippen molar-refractivity contribution in [2.24, 2.45) is 23.2 Å². The summed E-state index contributed by atoms with van der Waals surface area (Å²) in [7, 11) is 0. The average Bonchev–Trinajstić information content (AvgIpc) is 3.18. The fourth-order valence-electron chi connectivity index (χ4n) is 6.30. The van der Waals surface area contributed by atoms with Crippen molar-refractivity contribution in [1.82, 2.24) is 15.5 Å². The predicted molar refractivity (Wildman–Crippen MR) is 98.7 cm³/mol. The standard InChI is InChI=1S/C18H27N5OS/c24-15(9-18-6-11-3-12(7-18)5-13(4-11)8-18)21-17-23-22-16(25-17)20-14-1-2-19-10-14/h11-14,19H,1-10H2,(H,20,22)(H,21,23,24)/t11?,12?,13?,14-,18?/m1/s1. The predicted octanol–water partition coefficient (Wildman–Crippen LogP) is 2.86. The number of amides is 1. The first kappa shape index (κ1) is 16.0. The third-order valence-corrected chi connectivity index (χ3v) is 7.53. The van der Waals surface area contributed by atoms with E-state index in [9.17, 15) is 4.79 Å². The van der Waals surface area contributed by atoms with Crippen molar-refractivity contribution >= 4 is 27.5 Å². The summed E-state index contributed by atoms with van der Waals surface area (Å²) in [6.07, 6.45) is 9.84. The summed E-state index contributed by atoms with van der Waals surface area (Å²) in [5.74, 6) is 2.79. The van der Waals surface area contributed by atoms with Gasteiger partial charge in [0, 0.05) is 19.0 Å². The minimum Gasteiger partial charge on any atom is -0.356 e. The van der Waals surface area contributed by atoms with E-state index in [1.165, 1.54) is 49.9 Å². The van der Waals surface area contributed by atoms with Crippen LogP contribution < -0.4 is 16.0 Å². The molecule has 1 atom stereocenters. The van der Waals surface area contributed by atoms with Crippen LogP contribution in [0.25, 0.3) is 0 Å². The van der Waals surface area contributed by atoms with Crippen LogP contribution in [0.15, 0.2) is 0 Å². The summed E-state index contributed by atoms with van der Waals surface area (Å²) in [5.41, 5.74) is 0.278. The molecule has 1 aromatic heterocycles. The first-order chi connectivity index (χ1) is 12.2. The molecule has 136 valence electrons. The fourth-order valence-corrected chi connectivity index (χ4v) is 7.03. The van der Waals surface area contributed by atoms with E-state index in [1.54, 1.807) is 0 Å². The Balaban J connectivity index is 1.19. The molecule has 3 N–H and O–H groups in total. The zero-order valence-corrected chi connectivity index (χ0v) is 15.4. The number of nitrogens with one attached hydrogen (secondary N) is 3. The molecule has 0 spiro atoms. The van der Waals surface area contributed by atoms with Gasteiger partial charge in [-0.15, -0.1) is 10.2 Å². The zero-order valence-electron chi connectivity index (χ0n) is 14.6. The Hall–Kier alpha value is -1.21. The van der Waals surface area contributed by atoms with Crippen LogP contribution in [-0.2, 0) is 4.79 Å². The molecule has 1 aromatic rings. The highest BCUT2D eigenvalue weighted by molar-refractivity contribution is 7.19. The van der Waals surface area contributed by atoms with Gasteiger partial charge in [-0.25, -0.2) is 0 Å². The van der Waals surface area contributed by atoms with Gasteiger partial charge in [-0.2, -0.15) is 0 Å². The van der Waals surface area contributed by atoms with E-state index in [0.29, 0.717) is 17.6 Å². The molecule has 4 aliphatic carbocycles. The molecule has 4 saturated carbocycles. The second-order valence-corrected chi connectivity index (χ2v) is 9.87. The molecule has 2 heterocycles. The molecular weight excluding hydrogens is 334 g/mol. The van der Waals surface area contributed by atoms with Gasteiger partial charge in [-0.3, -0.25) is 4.79 Å². The Morgan fingerprint density at radius 1 is 1.12 bits per heavy atom. The maximum absolute atomic E-state index is 12.6. The van der Waals surface area contributed by atoms with Crippen molar-refractivity contribution in [3.63, 3.8) is 0 Å². The number of hydrogen-bond acceptors (Lipinski definition) is 6. The third-order valence-electron chi connectivity index (χ3n) is 6.76. The molecule has 25 heavy (non-hydrogen) atoms. The SMILES string of the molecule is O=C(CC12CC3CC(CC(C3)C1)C2)Nc1nnc(N[C@@H]2CCNC2)s1. The highest BCUT2D eigenvalue weighted by atomic mass is 32.1. The van der Waals surface area contributed by atoms with Crippen LogP contribution in [0.4, 0.5) is 10.3 Å². The van der Waals surface area contributed by atoms with Crippen molar-refractivity contribution in [2.45, 2.75) is 57.4 Å². The van der Waals surface area contributed by atoms with Gasteiger partial charge < -0.3 is 16.0 Å². The Morgan fingerprint density at radius 3 is 2.44 bits per heavy atom. The average molecular weight is 362 g/mol. The van der Waals surface area contributed by atoms with Crippen molar-refractivity contribution in [2.75, 3.05) is 23.7 Å². The van der Waals surface area contributed by atoms with Gasteiger partial charge in [0.2, 0.25) is 16.2 Å². The number of hydrogen-bond donors (Lipinski definition) is 3. The van der Waals surface area contributed by atoms with Crippen LogP contribution in [0.1, 0.15) is 51.4 Å². The molecular formula is C18H27N5OS. The van der Waals surface area contributed by atoms with Gasteiger partial charge in [0.15, 0.2) is 0 Å². The van der Waals surface area contributed by atoms with E-state index in [2.05, 4.69) is 26.1 Å². The Bertz CT molecular complexity index is 618. The Labute approximate surface area is 152 Å². The topological polar surface area (TPSA) is 78.9 Å². The van der Waals surface area contributed by atoms with Crippen LogP contribution >= 0.6 is 11.3 Å². The van der Waals surface area contributed by atoms with Gasteiger partial charge in [0.25, 0.3) is 0 Å². The largest absolute Gasteiger partial charge is 0.356 e. The molecule has 0 unspecified atom stereocenters. The summed E-state index contributed by atoms with van der Waals surface area (Å²) in [6.45, 7) is 2.01. The summed E-state index contributed by atoms with van der Waals surface area (Å²) < 4.78 is 0. The minimum absolute atomic E-state index is 0.132. The van der Waals surface area contributed by atoms with Crippen LogP contribution in [0, 0.1) is 23.2 Å². The molecule has 0 aromatic carbocycles. The zero-order chi connectivity index (χ0) is 16.9. The number of carbonyl (C=O) groups is 1. The molecule has 4 bridgehead atoms. The minimum atomic E-state index is 0.132. The Morgan fingerprint density at radius 2 is 1.80 bits per heavy atom. The number of aromatic nitrogens is 2. The quantitative estimate of drug-likeness (QED) is 0.752. The maximum Gasteiger partial charge on any atom is 0.226 e. The normalized spacial score (nSPS) is 38.9. The van der Waals surface area contributed by atoms with E-state index in [1.807, 2.05) is 0 Å². The van der Waals surface area contributed by atoms with E-state index in [0.717, 1.165) is 42.4 Å². The molecule has 1 saturated heterocycles. The van der Waals surface area contributed by atoms with Crippen molar-refractivity contribution in [1.29, 1.82) is 0 Å². The molecule has 6 rings (SSSR count). The molecule has 6 nitrogen and oxygen atoms in total. The highest BCUT2D eigenvalue weighted by Crippen LogP contribution is 2.61. The number of anilines is 2. The van der Waals surface area contributed by atoms with Crippen LogP contribution in [0.5, 0.6) is 0 Å². The molecule has 5 fully saturated rings. The lowest BCUT2D eigenvalue weighted by atomic mass is 9.49. The summed E-state index contributed by atoms with van der Waals surface area (Å²) in [6, 6.07) is 0.420. The fraction of sp³-hybridized carbons (Fsp3) is 0.833. The first-order valence-electron chi connectivity index (χ1n) is 9.76. The molecule has 1 aliphatic heterocycles. The van der Waals surface area contributed by atoms with Crippen molar-refractivity contribution in [3.8, 4) is 0 Å². The molecule has 7 heteroatoms. The highest BCUT2D eigenvalue weighted by Gasteiger charge is 2.51. The number of nitrogens with zero attached hydrogens (tertiary/aromatic N) is 2. The van der Waals surface area contributed by atoms with E-state index >= 15 is 0 Å². The monoisotopic (exact) mass is 361 g/mol. The number of rotatable bonds is 5. The molecule has 5 aliphatic rings. The van der Waals surface area contributed by atoms with Crippen molar-refractivity contribution < 1.29 is 4.79 Å². The van der Waals surface area contributed by atoms with Crippen LogP contribution in [-0.4, -0.2) is 35.2 Å². The lowest BCUT2D eigenvalue weighted by Gasteiger charge is -2.56. The first-order valence-corrected chi connectivity index (χ1v) is 10.6. The summed E-state index contributed by atoms with van der Waals surface area (Å²) in [4.78, 5) is 12.6. The second-order valence-electron chi connectivity index (χ2n) is 8.89. The number of carbonyl (C=O) groups excluding carboxylic acids is 1. The van der Waals surface area contributed by atoms with E-state index < -0.39 is 0 Å². The molecule has 1 amide bonds. The third kappa shape index (κ3) is 3.28. The smallest absolute Gasteiger partial charge is 0.226 e. The summed E-state index contributed by atoms with van der Waals surface area (Å²) >= 11 is 1.45. The summed E-state index contributed by atoms with van der Waals surface area (Å²) in [5, 5.41) is 19.5. The van der Waals surface area contributed by atoms with Crippen LogP contribution in [0.2, 0.25) is 0 Å². The van der Waals surface area contributed by atoms with E-state index in [-0.39, 0.29) is 11.3 Å². The maximum atomic E-state index is 12.6.